The third-order valence-corrected chi connectivity index (χ3v) is 6.17. The summed E-state index contributed by atoms with van der Waals surface area (Å²) in [6.07, 6.45) is 4.14. The maximum absolute atomic E-state index is 3.68. The van der Waals surface area contributed by atoms with Gasteiger partial charge in [-0.05, 0) is 72.9 Å². The Morgan fingerprint density at radius 2 is 2.00 bits per heavy atom. The van der Waals surface area contributed by atoms with Gasteiger partial charge in [0.1, 0.15) is 0 Å². The molecule has 0 saturated heterocycles. The van der Waals surface area contributed by atoms with Gasteiger partial charge >= 0.3 is 0 Å². The first-order chi connectivity index (χ1) is 9.79. The lowest BCUT2D eigenvalue weighted by atomic mass is 9.64. The molecule has 1 N–H and O–H groups in total. The molecule has 0 amide bonds. The second-order valence-electron chi connectivity index (χ2n) is 8.24. The van der Waals surface area contributed by atoms with Gasteiger partial charge in [-0.2, -0.15) is 0 Å². The van der Waals surface area contributed by atoms with E-state index in [-0.39, 0.29) is 0 Å². The molecule has 1 aromatic heterocycles. The van der Waals surface area contributed by atoms with E-state index < -0.39 is 0 Å². The van der Waals surface area contributed by atoms with Crippen LogP contribution in [-0.4, -0.2) is 12.6 Å². The molecule has 0 radical (unpaired) electrons. The fraction of sp³-hybridized carbons (Fsp3) is 0.789. The third kappa shape index (κ3) is 4.32. The first kappa shape index (κ1) is 17.0. The van der Waals surface area contributed by atoms with Crippen LogP contribution in [0.3, 0.4) is 0 Å². The molecular formula is C19H33NS. The minimum absolute atomic E-state index is 0.443. The van der Waals surface area contributed by atoms with Gasteiger partial charge in [-0.25, -0.2) is 0 Å². The number of rotatable bonds is 4. The van der Waals surface area contributed by atoms with Crippen molar-refractivity contribution in [3.8, 4) is 0 Å². The molecule has 0 spiro atoms. The highest BCUT2D eigenvalue weighted by Crippen LogP contribution is 2.47. The summed E-state index contributed by atoms with van der Waals surface area (Å²) in [6, 6.07) is 2.98. The van der Waals surface area contributed by atoms with Crippen molar-refractivity contribution in [2.24, 2.45) is 17.3 Å². The predicted octanol–water partition coefficient (Wildman–Crippen LogP) is 5.60. The van der Waals surface area contributed by atoms with E-state index in [2.05, 4.69) is 58.3 Å². The van der Waals surface area contributed by atoms with Crippen LogP contribution in [0.2, 0.25) is 0 Å². The molecule has 2 heteroatoms. The smallest absolute Gasteiger partial charge is 0.00491 e. The van der Waals surface area contributed by atoms with Crippen molar-refractivity contribution in [3.05, 3.63) is 21.9 Å². The Kier molecular flexibility index (Phi) is 5.54. The third-order valence-electron chi connectivity index (χ3n) is 5.30. The molecule has 1 nitrogen and oxygen atoms in total. The fourth-order valence-corrected chi connectivity index (χ4v) is 4.59. The summed E-state index contributed by atoms with van der Waals surface area (Å²) in [5, 5.41) is 5.96. The van der Waals surface area contributed by atoms with Crippen LogP contribution in [-0.2, 0) is 0 Å². The number of aryl methyl sites for hydroxylation is 1. The molecule has 2 rings (SSSR count). The van der Waals surface area contributed by atoms with Gasteiger partial charge in [0, 0.05) is 10.9 Å². The van der Waals surface area contributed by atoms with Gasteiger partial charge < -0.3 is 5.32 Å². The van der Waals surface area contributed by atoms with E-state index in [1.807, 2.05) is 11.3 Å². The largest absolute Gasteiger partial charge is 0.314 e. The van der Waals surface area contributed by atoms with E-state index in [0.717, 1.165) is 17.8 Å². The Morgan fingerprint density at radius 3 is 2.52 bits per heavy atom. The van der Waals surface area contributed by atoms with Crippen LogP contribution in [0.4, 0.5) is 0 Å². The zero-order valence-corrected chi connectivity index (χ0v) is 15.5. The molecule has 120 valence electrons. The molecular weight excluding hydrogens is 274 g/mol. The van der Waals surface area contributed by atoms with Gasteiger partial charge in [-0.3, -0.25) is 0 Å². The van der Waals surface area contributed by atoms with E-state index in [0.29, 0.717) is 11.5 Å². The molecule has 1 aliphatic carbocycles. The second kappa shape index (κ2) is 6.83. The SMILES string of the molecule is Cc1sccc1C1CC(C(C)(C)C)CCC1CNC(C)C. The zero-order valence-electron chi connectivity index (χ0n) is 14.7. The van der Waals surface area contributed by atoms with E-state index in [1.54, 1.807) is 5.56 Å². The van der Waals surface area contributed by atoms with Crippen LogP contribution in [0.5, 0.6) is 0 Å². The van der Waals surface area contributed by atoms with Crippen LogP contribution in [0.15, 0.2) is 11.4 Å². The lowest BCUT2D eigenvalue weighted by Crippen LogP contribution is -2.37. The van der Waals surface area contributed by atoms with Gasteiger partial charge in [-0.1, -0.05) is 34.6 Å². The maximum Gasteiger partial charge on any atom is 0.00491 e. The highest BCUT2D eigenvalue weighted by molar-refractivity contribution is 7.10. The lowest BCUT2D eigenvalue weighted by Gasteiger charge is -2.42. The topological polar surface area (TPSA) is 12.0 Å². The predicted molar refractivity (Wildman–Crippen MR) is 95.2 cm³/mol. The van der Waals surface area contributed by atoms with Crippen molar-refractivity contribution >= 4 is 11.3 Å². The van der Waals surface area contributed by atoms with Gasteiger partial charge in [0.05, 0.1) is 0 Å². The number of hydrogen-bond donors (Lipinski definition) is 1. The molecule has 0 aromatic carbocycles. The quantitative estimate of drug-likeness (QED) is 0.763. The summed E-state index contributed by atoms with van der Waals surface area (Å²) in [5.41, 5.74) is 2.07. The lowest BCUT2D eigenvalue weighted by molar-refractivity contribution is 0.128. The summed E-state index contributed by atoms with van der Waals surface area (Å²) in [5.74, 6) is 2.41. The maximum atomic E-state index is 3.68. The first-order valence-electron chi connectivity index (χ1n) is 8.56. The summed E-state index contributed by atoms with van der Waals surface area (Å²) in [7, 11) is 0. The summed E-state index contributed by atoms with van der Waals surface area (Å²) < 4.78 is 0. The summed E-state index contributed by atoms with van der Waals surface area (Å²) in [6.45, 7) is 15.2. The molecule has 1 heterocycles. The van der Waals surface area contributed by atoms with Crippen LogP contribution in [0.1, 0.15) is 70.2 Å². The molecule has 3 unspecified atom stereocenters. The molecule has 1 fully saturated rings. The van der Waals surface area contributed by atoms with Crippen LogP contribution < -0.4 is 5.32 Å². The van der Waals surface area contributed by atoms with Crippen molar-refractivity contribution < 1.29 is 0 Å². The van der Waals surface area contributed by atoms with Gasteiger partial charge in [0.25, 0.3) is 0 Å². The molecule has 1 saturated carbocycles. The molecule has 3 atom stereocenters. The van der Waals surface area contributed by atoms with E-state index in [9.17, 15) is 0 Å². The molecule has 0 aliphatic heterocycles. The Bertz CT molecular complexity index is 441. The van der Waals surface area contributed by atoms with Crippen molar-refractivity contribution in [3.63, 3.8) is 0 Å². The monoisotopic (exact) mass is 307 g/mol. The standard InChI is InChI=1S/C19H33NS/c1-13(2)20-12-15-7-8-16(19(4,5)6)11-18(15)17-9-10-21-14(17)3/h9-10,13,15-16,18,20H,7-8,11-12H2,1-6H3. The zero-order chi connectivity index (χ0) is 15.6. The second-order valence-corrected chi connectivity index (χ2v) is 9.36. The Morgan fingerprint density at radius 1 is 1.29 bits per heavy atom. The Labute approximate surface area is 135 Å². The van der Waals surface area contributed by atoms with Gasteiger partial charge in [0.15, 0.2) is 0 Å². The number of thiophene rings is 1. The average Bonchev–Trinajstić information content (AvgIpc) is 2.81. The van der Waals surface area contributed by atoms with Crippen LogP contribution >= 0.6 is 11.3 Å². The Balaban J connectivity index is 2.16. The first-order valence-corrected chi connectivity index (χ1v) is 9.44. The number of hydrogen-bond acceptors (Lipinski definition) is 2. The summed E-state index contributed by atoms with van der Waals surface area (Å²) in [4.78, 5) is 1.53. The van der Waals surface area contributed by atoms with Gasteiger partial charge in [-0.15, -0.1) is 11.3 Å². The van der Waals surface area contributed by atoms with Crippen molar-refractivity contribution in [1.29, 1.82) is 0 Å². The minimum atomic E-state index is 0.443. The van der Waals surface area contributed by atoms with E-state index >= 15 is 0 Å². The minimum Gasteiger partial charge on any atom is -0.314 e. The molecule has 1 aliphatic rings. The highest BCUT2D eigenvalue weighted by atomic mass is 32.1. The number of nitrogens with one attached hydrogen (secondary N) is 1. The van der Waals surface area contributed by atoms with E-state index in [1.165, 1.54) is 30.7 Å². The van der Waals surface area contributed by atoms with Crippen molar-refractivity contribution in [2.45, 2.75) is 72.8 Å². The van der Waals surface area contributed by atoms with Crippen molar-refractivity contribution in [1.82, 2.24) is 5.32 Å². The summed E-state index contributed by atoms with van der Waals surface area (Å²) >= 11 is 1.91. The molecule has 21 heavy (non-hydrogen) atoms. The van der Waals surface area contributed by atoms with E-state index in [4.69, 9.17) is 0 Å². The average molecular weight is 308 g/mol. The van der Waals surface area contributed by atoms with Gasteiger partial charge in [0.2, 0.25) is 0 Å². The Hall–Kier alpha value is -0.340. The van der Waals surface area contributed by atoms with Crippen molar-refractivity contribution in [2.75, 3.05) is 6.54 Å². The van der Waals surface area contributed by atoms with Crippen LogP contribution in [0, 0.1) is 24.2 Å². The normalized spacial score (nSPS) is 27.3. The fourth-order valence-electron chi connectivity index (χ4n) is 3.81. The highest BCUT2D eigenvalue weighted by Gasteiger charge is 2.37. The molecule has 0 bridgehead atoms. The molecule has 1 aromatic rings. The van der Waals surface area contributed by atoms with Crippen LogP contribution in [0.25, 0.3) is 0 Å².